The number of hydrogen-bond acceptors (Lipinski definition) is 3. The lowest BCUT2D eigenvalue weighted by Gasteiger charge is -2.21. The Hall–Kier alpha value is -0.0900. The van der Waals surface area contributed by atoms with Gasteiger partial charge in [0.25, 0.3) is 0 Å². The zero-order chi connectivity index (χ0) is 8.10. The molecule has 0 aromatic carbocycles. The Kier molecular flexibility index (Phi) is 3.86. The average molecular weight is 176 g/mol. The standard InChI is InChI=1S/C7H14NO2S/c9-11(10)6-8-7-4-2-1-3-5-7/h1,7-8,11H,2-6H2. The first kappa shape index (κ1) is 9.00. The molecule has 3 nitrogen and oxygen atoms in total. The van der Waals surface area contributed by atoms with Gasteiger partial charge < -0.3 is 5.32 Å². The third-order valence-corrected chi connectivity index (χ3v) is 2.39. The van der Waals surface area contributed by atoms with Gasteiger partial charge in [-0.25, -0.2) is 8.42 Å². The molecular formula is C7H14NO2S. The normalized spacial score (nSPS) is 20.8. The second-order valence-electron chi connectivity index (χ2n) is 2.84. The molecule has 0 aliphatic heterocycles. The Morgan fingerprint density at radius 2 is 2.00 bits per heavy atom. The van der Waals surface area contributed by atoms with E-state index in [4.69, 9.17) is 0 Å². The van der Waals surface area contributed by atoms with Crippen molar-refractivity contribution < 1.29 is 8.42 Å². The van der Waals surface area contributed by atoms with Crippen molar-refractivity contribution in [3.63, 3.8) is 0 Å². The SMILES string of the molecule is O=[SH](=O)CNC1CC[CH]CC1. The molecule has 1 fully saturated rings. The summed E-state index contributed by atoms with van der Waals surface area (Å²) in [4.78, 5) is 0. The van der Waals surface area contributed by atoms with E-state index in [9.17, 15) is 8.42 Å². The van der Waals surface area contributed by atoms with E-state index in [-0.39, 0.29) is 5.88 Å². The van der Waals surface area contributed by atoms with Crippen LogP contribution in [-0.4, -0.2) is 20.3 Å². The summed E-state index contributed by atoms with van der Waals surface area (Å²) in [6.45, 7) is 0. The maximum Gasteiger partial charge on any atom is 0.153 e. The largest absolute Gasteiger partial charge is 0.301 e. The first-order valence-corrected chi connectivity index (χ1v) is 5.32. The second-order valence-corrected chi connectivity index (χ2v) is 3.82. The topological polar surface area (TPSA) is 46.2 Å². The van der Waals surface area contributed by atoms with Gasteiger partial charge in [-0.15, -0.1) is 0 Å². The van der Waals surface area contributed by atoms with E-state index >= 15 is 0 Å². The molecular weight excluding hydrogens is 162 g/mol. The molecule has 0 atom stereocenters. The van der Waals surface area contributed by atoms with Gasteiger partial charge >= 0.3 is 0 Å². The number of hydrogen-bond donors (Lipinski definition) is 2. The lowest BCUT2D eigenvalue weighted by molar-refractivity contribution is 0.435. The van der Waals surface area contributed by atoms with Crippen LogP contribution in [0.25, 0.3) is 0 Å². The highest BCUT2D eigenvalue weighted by Gasteiger charge is 2.11. The van der Waals surface area contributed by atoms with Gasteiger partial charge in [-0.1, -0.05) is 0 Å². The highest BCUT2D eigenvalue weighted by molar-refractivity contribution is 7.72. The Morgan fingerprint density at radius 3 is 2.55 bits per heavy atom. The van der Waals surface area contributed by atoms with Crippen LogP contribution in [0, 0.1) is 6.42 Å². The molecule has 65 valence electrons. The molecule has 0 heterocycles. The highest BCUT2D eigenvalue weighted by Crippen LogP contribution is 2.15. The fourth-order valence-corrected chi connectivity index (χ4v) is 1.74. The van der Waals surface area contributed by atoms with Crippen molar-refractivity contribution in [3.8, 4) is 0 Å². The molecule has 0 aromatic heterocycles. The van der Waals surface area contributed by atoms with Crippen LogP contribution in [0.5, 0.6) is 0 Å². The Balaban J connectivity index is 2.14. The molecule has 0 bridgehead atoms. The minimum atomic E-state index is -2.25. The molecule has 0 amide bonds. The van der Waals surface area contributed by atoms with Crippen LogP contribution in [0.15, 0.2) is 0 Å². The van der Waals surface area contributed by atoms with E-state index in [2.05, 4.69) is 11.7 Å². The van der Waals surface area contributed by atoms with Crippen LogP contribution in [0.3, 0.4) is 0 Å². The smallest absolute Gasteiger partial charge is 0.153 e. The van der Waals surface area contributed by atoms with E-state index < -0.39 is 10.7 Å². The van der Waals surface area contributed by atoms with Crippen molar-refractivity contribution in [2.45, 2.75) is 31.7 Å². The Morgan fingerprint density at radius 1 is 1.36 bits per heavy atom. The van der Waals surface area contributed by atoms with E-state index in [0.29, 0.717) is 6.04 Å². The fourth-order valence-electron chi connectivity index (χ4n) is 1.33. The quantitative estimate of drug-likeness (QED) is 0.608. The molecule has 1 aliphatic carbocycles. The van der Waals surface area contributed by atoms with Crippen LogP contribution in [0.4, 0.5) is 0 Å². The number of thiol groups is 1. The Labute approximate surface area is 69.1 Å². The van der Waals surface area contributed by atoms with Crippen LogP contribution in [0.2, 0.25) is 0 Å². The van der Waals surface area contributed by atoms with E-state index in [1.807, 2.05) is 0 Å². The van der Waals surface area contributed by atoms with Crippen molar-refractivity contribution in [2.75, 3.05) is 5.88 Å². The van der Waals surface area contributed by atoms with Crippen molar-refractivity contribution in [3.05, 3.63) is 6.42 Å². The predicted octanol–water partition coefficient (Wildman–Crippen LogP) is 0.292. The third-order valence-electron chi connectivity index (χ3n) is 1.95. The lowest BCUT2D eigenvalue weighted by atomic mass is 9.96. The summed E-state index contributed by atoms with van der Waals surface area (Å²) < 4.78 is 20.4. The fraction of sp³-hybridized carbons (Fsp3) is 0.857. The van der Waals surface area contributed by atoms with Gasteiger partial charge in [-0.2, -0.15) is 0 Å². The zero-order valence-electron chi connectivity index (χ0n) is 6.45. The highest BCUT2D eigenvalue weighted by atomic mass is 32.2. The maximum absolute atomic E-state index is 10.2. The Bertz CT molecular complexity index is 165. The van der Waals surface area contributed by atoms with Gasteiger partial charge in [0, 0.05) is 6.04 Å². The van der Waals surface area contributed by atoms with Crippen molar-refractivity contribution >= 4 is 10.7 Å². The number of nitrogens with one attached hydrogen (secondary N) is 1. The van der Waals surface area contributed by atoms with Crippen LogP contribution >= 0.6 is 0 Å². The van der Waals surface area contributed by atoms with Crippen LogP contribution in [0.1, 0.15) is 25.7 Å². The first-order chi connectivity index (χ1) is 5.29. The molecule has 0 unspecified atom stereocenters. The monoisotopic (exact) mass is 176 g/mol. The van der Waals surface area contributed by atoms with Gasteiger partial charge in [0.05, 0.1) is 5.88 Å². The minimum absolute atomic E-state index is 0.139. The van der Waals surface area contributed by atoms with Gasteiger partial charge in [0.2, 0.25) is 0 Å². The maximum atomic E-state index is 10.2. The van der Waals surface area contributed by atoms with Crippen molar-refractivity contribution in [2.24, 2.45) is 0 Å². The zero-order valence-corrected chi connectivity index (χ0v) is 7.35. The third kappa shape index (κ3) is 3.72. The first-order valence-electron chi connectivity index (χ1n) is 3.96. The molecule has 1 saturated carbocycles. The van der Waals surface area contributed by atoms with Crippen molar-refractivity contribution in [1.29, 1.82) is 0 Å². The summed E-state index contributed by atoms with van der Waals surface area (Å²) in [6, 6.07) is 0.424. The molecule has 1 N–H and O–H groups in total. The summed E-state index contributed by atoms with van der Waals surface area (Å²) in [5.41, 5.74) is 0. The molecule has 1 aliphatic rings. The van der Waals surface area contributed by atoms with E-state index in [1.165, 1.54) is 0 Å². The van der Waals surface area contributed by atoms with Gasteiger partial charge in [0.15, 0.2) is 10.7 Å². The molecule has 1 radical (unpaired) electrons. The minimum Gasteiger partial charge on any atom is -0.301 e. The summed E-state index contributed by atoms with van der Waals surface area (Å²) in [5.74, 6) is 0.139. The molecule has 0 spiro atoms. The summed E-state index contributed by atoms with van der Waals surface area (Å²) >= 11 is 0. The summed E-state index contributed by atoms with van der Waals surface area (Å²) in [7, 11) is -2.25. The molecule has 1 rings (SSSR count). The number of rotatable bonds is 3. The van der Waals surface area contributed by atoms with Gasteiger partial charge in [0.1, 0.15) is 0 Å². The average Bonchev–Trinajstić information content (AvgIpc) is 2.03. The molecule has 0 saturated heterocycles. The van der Waals surface area contributed by atoms with Gasteiger partial charge in [-0.3, -0.25) is 0 Å². The second kappa shape index (κ2) is 4.72. The molecule has 11 heavy (non-hydrogen) atoms. The van der Waals surface area contributed by atoms with Crippen LogP contribution in [-0.2, 0) is 10.7 Å². The van der Waals surface area contributed by atoms with Crippen LogP contribution < -0.4 is 5.32 Å². The summed E-state index contributed by atoms with van der Waals surface area (Å²) in [5, 5.41) is 3.00. The molecule has 4 heteroatoms. The van der Waals surface area contributed by atoms with E-state index in [1.54, 1.807) is 0 Å². The molecule has 0 aromatic rings. The predicted molar refractivity (Wildman–Crippen MR) is 44.9 cm³/mol. The van der Waals surface area contributed by atoms with Gasteiger partial charge in [-0.05, 0) is 32.1 Å². The lowest BCUT2D eigenvalue weighted by Crippen LogP contribution is -2.32. The summed E-state index contributed by atoms with van der Waals surface area (Å²) in [6.07, 6.45) is 6.67. The van der Waals surface area contributed by atoms with E-state index in [0.717, 1.165) is 25.7 Å². The van der Waals surface area contributed by atoms with Crippen molar-refractivity contribution in [1.82, 2.24) is 5.32 Å².